The predicted octanol–water partition coefficient (Wildman–Crippen LogP) is 1.85. The lowest BCUT2D eigenvalue weighted by atomic mass is 10.2. The largest absolute Gasteiger partial charge is 0.483 e. The van der Waals surface area contributed by atoms with Gasteiger partial charge in [-0.05, 0) is 22.6 Å². The summed E-state index contributed by atoms with van der Waals surface area (Å²) < 4.78 is 67.6. The normalized spacial score (nSPS) is 12.1. The van der Waals surface area contributed by atoms with E-state index in [-0.39, 0.29) is 11.5 Å². The van der Waals surface area contributed by atoms with Gasteiger partial charge < -0.3 is 4.74 Å². The fourth-order valence-electron chi connectivity index (χ4n) is 1.93. The van der Waals surface area contributed by atoms with Crippen LogP contribution in [0.3, 0.4) is 0 Å². The molecule has 0 bridgehead atoms. The van der Waals surface area contributed by atoms with E-state index in [2.05, 4.69) is 25.6 Å². The topological polar surface area (TPSA) is 116 Å². The second-order valence-electron chi connectivity index (χ2n) is 5.14. The molecule has 0 aliphatic rings. The summed E-state index contributed by atoms with van der Waals surface area (Å²) in [4.78, 5) is 11.7. The van der Waals surface area contributed by atoms with E-state index in [1.54, 1.807) is 0 Å². The van der Waals surface area contributed by atoms with Crippen LogP contribution >= 0.6 is 11.6 Å². The van der Waals surface area contributed by atoms with Crippen LogP contribution in [0.5, 0.6) is 5.75 Å². The van der Waals surface area contributed by atoms with E-state index in [1.807, 2.05) is 0 Å². The molecule has 0 saturated heterocycles. The van der Waals surface area contributed by atoms with Crippen LogP contribution in [0.4, 0.5) is 19.1 Å². The zero-order valence-corrected chi connectivity index (χ0v) is 15.5. The van der Waals surface area contributed by atoms with Crippen LogP contribution in [0.15, 0.2) is 17.0 Å². The van der Waals surface area contributed by atoms with Crippen LogP contribution in [0.1, 0.15) is 17.3 Å². The van der Waals surface area contributed by atoms with Crippen LogP contribution in [0, 0.1) is 0 Å². The fourth-order valence-corrected chi connectivity index (χ4v) is 3.63. The molecule has 9 nitrogen and oxygen atoms in total. The number of tetrazole rings is 1. The molecule has 14 heteroatoms. The van der Waals surface area contributed by atoms with Gasteiger partial charge >= 0.3 is 6.18 Å². The highest BCUT2D eigenvalue weighted by Gasteiger charge is 2.32. The summed E-state index contributed by atoms with van der Waals surface area (Å²) in [7, 11) is -2.66. The quantitative estimate of drug-likeness (QED) is 0.747. The Morgan fingerprint density at radius 1 is 1.37 bits per heavy atom. The standard InChI is InChI=1S/C13H13ClF3N5O4S/c1-3-27(24,25)10-8(26-6-13(15,16)17)5-4-7(9(10)14)11(23)18-12-19-20-21-22(12)2/h4-5H,3,6H2,1-2H3,(H,18,19,21,23). The number of alkyl halides is 3. The fraction of sp³-hybridized carbons (Fsp3) is 0.385. The van der Waals surface area contributed by atoms with Gasteiger partial charge in [0.05, 0.1) is 16.3 Å². The molecule has 27 heavy (non-hydrogen) atoms. The Hall–Kier alpha value is -2.41. The van der Waals surface area contributed by atoms with Crippen molar-refractivity contribution in [3.8, 4) is 5.75 Å². The van der Waals surface area contributed by atoms with E-state index in [9.17, 15) is 26.4 Å². The number of carbonyl (C=O) groups is 1. The van der Waals surface area contributed by atoms with Gasteiger partial charge in [0, 0.05) is 7.05 Å². The van der Waals surface area contributed by atoms with Gasteiger partial charge in [0.2, 0.25) is 5.95 Å². The first-order valence-corrected chi connectivity index (χ1v) is 9.27. The zero-order valence-electron chi connectivity index (χ0n) is 13.9. The van der Waals surface area contributed by atoms with Gasteiger partial charge in [-0.1, -0.05) is 23.6 Å². The van der Waals surface area contributed by atoms with E-state index in [0.717, 1.165) is 16.8 Å². The van der Waals surface area contributed by atoms with Gasteiger partial charge in [-0.3, -0.25) is 10.1 Å². The molecule has 2 rings (SSSR count). The van der Waals surface area contributed by atoms with Crippen molar-refractivity contribution in [3.05, 3.63) is 22.7 Å². The second kappa shape index (κ2) is 7.68. The molecule has 0 fully saturated rings. The lowest BCUT2D eigenvalue weighted by molar-refractivity contribution is -0.153. The summed E-state index contributed by atoms with van der Waals surface area (Å²) in [6.45, 7) is -0.442. The molecule has 1 aromatic carbocycles. The molecule has 1 heterocycles. The minimum absolute atomic E-state index is 0.0478. The third-order valence-corrected chi connectivity index (χ3v) is 5.53. The smallest absolute Gasteiger partial charge is 0.422 e. The number of sulfone groups is 1. The van der Waals surface area contributed by atoms with E-state index >= 15 is 0 Å². The Bertz CT molecular complexity index is 961. The molecule has 0 aliphatic heterocycles. The molecule has 1 N–H and O–H groups in total. The molecule has 148 valence electrons. The average molecular weight is 428 g/mol. The number of nitrogens with one attached hydrogen (secondary N) is 1. The van der Waals surface area contributed by atoms with Crippen molar-refractivity contribution in [3.63, 3.8) is 0 Å². The van der Waals surface area contributed by atoms with Crippen molar-refractivity contribution < 1.29 is 31.1 Å². The highest BCUT2D eigenvalue weighted by Crippen LogP contribution is 2.36. The maximum atomic E-state index is 12.4. The van der Waals surface area contributed by atoms with Gasteiger partial charge in [0.1, 0.15) is 10.6 Å². The number of rotatable bonds is 6. The number of halogens is 4. The van der Waals surface area contributed by atoms with Crippen molar-refractivity contribution in [1.29, 1.82) is 0 Å². The molecular formula is C13H13ClF3N5O4S. The Morgan fingerprint density at radius 3 is 2.56 bits per heavy atom. The zero-order chi connectivity index (χ0) is 20.4. The summed E-state index contributed by atoms with van der Waals surface area (Å²) in [5, 5.41) is 12.1. The van der Waals surface area contributed by atoms with Gasteiger partial charge in [-0.2, -0.15) is 13.2 Å². The maximum Gasteiger partial charge on any atom is 0.422 e. The van der Waals surface area contributed by atoms with Gasteiger partial charge in [-0.15, -0.1) is 0 Å². The van der Waals surface area contributed by atoms with Crippen molar-refractivity contribution in [1.82, 2.24) is 20.2 Å². The highest BCUT2D eigenvalue weighted by atomic mass is 35.5. The maximum absolute atomic E-state index is 12.4. The number of ether oxygens (including phenoxy) is 1. The molecule has 0 spiro atoms. The second-order valence-corrected chi connectivity index (χ2v) is 7.73. The lowest BCUT2D eigenvalue weighted by Gasteiger charge is -2.16. The monoisotopic (exact) mass is 427 g/mol. The Kier molecular flexibility index (Phi) is 5.94. The lowest BCUT2D eigenvalue weighted by Crippen LogP contribution is -2.21. The number of benzene rings is 1. The molecule has 0 atom stereocenters. The minimum atomic E-state index is -4.69. The van der Waals surface area contributed by atoms with E-state index in [4.69, 9.17) is 11.6 Å². The number of anilines is 1. The van der Waals surface area contributed by atoms with Crippen molar-refractivity contribution in [2.75, 3.05) is 17.7 Å². The summed E-state index contributed by atoms with van der Waals surface area (Å²) in [5.41, 5.74) is -0.300. The van der Waals surface area contributed by atoms with Crippen LogP contribution in [0.2, 0.25) is 5.02 Å². The first-order chi connectivity index (χ1) is 12.5. The van der Waals surface area contributed by atoms with Crippen LogP contribution in [0.25, 0.3) is 0 Å². The molecule has 0 unspecified atom stereocenters. The summed E-state index contributed by atoms with van der Waals surface area (Å²) in [6, 6.07) is 1.98. The van der Waals surface area contributed by atoms with Gasteiger partial charge in [0.15, 0.2) is 16.4 Å². The molecule has 1 aromatic heterocycles. The van der Waals surface area contributed by atoms with E-state index in [0.29, 0.717) is 0 Å². The number of hydrogen-bond acceptors (Lipinski definition) is 7. The van der Waals surface area contributed by atoms with E-state index < -0.39 is 49.9 Å². The summed E-state index contributed by atoms with van der Waals surface area (Å²) >= 11 is 6.04. The minimum Gasteiger partial charge on any atom is -0.483 e. The van der Waals surface area contributed by atoms with Crippen molar-refractivity contribution in [2.45, 2.75) is 18.0 Å². The third kappa shape index (κ3) is 4.86. The summed E-state index contributed by atoms with van der Waals surface area (Å²) in [6.07, 6.45) is -4.69. The number of aryl methyl sites for hydroxylation is 1. The Labute approximate surface area is 156 Å². The average Bonchev–Trinajstić information content (AvgIpc) is 2.96. The van der Waals surface area contributed by atoms with Crippen molar-refractivity contribution in [2.24, 2.45) is 7.05 Å². The Balaban J connectivity index is 2.47. The molecular weight excluding hydrogens is 415 g/mol. The van der Waals surface area contributed by atoms with Crippen LogP contribution in [-0.2, 0) is 16.9 Å². The van der Waals surface area contributed by atoms with Gasteiger partial charge in [0.25, 0.3) is 5.91 Å². The molecule has 2 aromatic rings. The van der Waals surface area contributed by atoms with Crippen LogP contribution < -0.4 is 10.1 Å². The van der Waals surface area contributed by atoms with Crippen molar-refractivity contribution >= 4 is 33.3 Å². The molecule has 1 amide bonds. The first-order valence-electron chi connectivity index (χ1n) is 7.24. The number of aromatic nitrogens is 4. The molecule has 0 radical (unpaired) electrons. The third-order valence-electron chi connectivity index (χ3n) is 3.23. The van der Waals surface area contributed by atoms with Crippen LogP contribution in [-0.4, -0.2) is 53.1 Å². The number of amides is 1. The number of hydrogen-bond donors (Lipinski definition) is 1. The highest BCUT2D eigenvalue weighted by molar-refractivity contribution is 7.91. The van der Waals surface area contributed by atoms with Gasteiger partial charge in [-0.25, -0.2) is 13.1 Å². The predicted molar refractivity (Wildman–Crippen MR) is 87.5 cm³/mol. The Morgan fingerprint density at radius 2 is 2.04 bits per heavy atom. The van der Waals surface area contributed by atoms with E-state index in [1.165, 1.54) is 14.0 Å². The number of carbonyl (C=O) groups excluding carboxylic acids is 1. The molecule has 0 aliphatic carbocycles. The summed E-state index contributed by atoms with van der Waals surface area (Å²) in [5.74, 6) is -1.97. The first kappa shape index (κ1) is 20.9. The number of nitrogens with zero attached hydrogens (tertiary/aromatic N) is 4. The SMILES string of the molecule is CCS(=O)(=O)c1c(OCC(F)(F)F)ccc(C(=O)Nc2nnnn2C)c1Cl. The molecule has 0 saturated carbocycles.